The molecule has 3 aromatic rings. The number of hydrogen-bond donors (Lipinski definition) is 1. The SMILES string of the molecule is c1ccc2cc([C@@H]([C@H]3CCCNC3)n3ncnn3)ccc2c1. The van der Waals surface area contributed by atoms with Crippen LogP contribution < -0.4 is 5.32 Å². The fraction of sp³-hybridized carbons (Fsp3) is 0.353. The van der Waals surface area contributed by atoms with Crippen LogP contribution in [0.1, 0.15) is 24.4 Å². The molecule has 0 saturated carbocycles. The van der Waals surface area contributed by atoms with Crippen molar-refractivity contribution in [3.63, 3.8) is 0 Å². The van der Waals surface area contributed by atoms with Gasteiger partial charge in [0, 0.05) is 6.54 Å². The van der Waals surface area contributed by atoms with Gasteiger partial charge in [-0.2, -0.15) is 4.80 Å². The molecule has 0 bridgehead atoms. The van der Waals surface area contributed by atoms with Crippen molar-refractivity contribution >= 4 is 10.8 Å². The van der Waals surface area contributed by atoms with Crippen molar-refractivity contribution in [1.29, 1.82) is 0 Å². The first-order chi connectivity index (χ1) is 10.9. The van der Waals surface area contributed by atoms with Gasteiger partial charge >= 0.3 is 0 Å². The molecule has 0 spiro atoms. The highest BCUT2D eigenvalue weighted by Gasteiger charge is 2.28. The number of nitrogens with zero attached hydrogens (tertiary/aromatic N) is 4. The molecule has 1 saturated heterocycles. The first-order valence-corrected chi connectivity index (χ1v) is 7.84. The average Bonchev–Trinajstić information content (AvgIpc) is 3.10. The van der Waals surface area contributed by atoms with Gasteiger partial charge in [-0.3, -0.25) is 0 Å². The molecule has 22 heavy (non-hydrogen) atoms. The van der Waals surface area contributed by atoms with Gasteiger partial charge < -0.3 is 5.32 Å². The van der Waals surface area contributed by atoms with E-state index in [0.717, 1.165) is 13.1 Å². The smallest absolute Gasteiger partial charge is 0.162 e. The van der Waals surface area contributed by atoms with Crippen molar-refractivity contribution < 1.29 is 0 Å². The van der Waals surface area contributed by atoms with Crippen molar-refractivity contribution in [2.24, 2.45) is 5.92 Å². The summed E-state index contributed by atoms with van der Waals surface area (Å²) in [5, 5.41) is 18.4. The molecule has 1 aromatic heterocycles. The first kappa shape index (κ1) is 13.4. The normalized spacial score (nSPS) is 20.1. The zero-order valence-corrected chi connectivity index (χ0v) is 12.4. The van der Waals surface area contributed by atoms with Gasteiger partial charge in [-0.1, -0.05) is 36.4 Å². The molecule has 1 aliphatic heterocycles. The number of tetrazole rings is 1. The lowest BCUT2D eigenvalue weighted by molar-refractivity contribution is 0.261. The van der Waals surface area contributed by atoms with E-state index in [1.54, 1.807) is 4.80 Å². The molecule has 0 radical (unpaired) electrons. The average molecular weight is 293 g/mol. The lowest BCUT2D eigenvalue weighted by Gasteiger charge is -2.30. The summed E-state index contributed by atoms with van der Waals surface area (Å²) in [4.78, 5) is 1.77. The van der Waals surface area contributed by atoms with Crippen LogP contribution in [0.15, 0.2) is 48.8 Å². The van der Waals surface area contributed by atoms with Crippen molar-refractivity contribution in [3.8, 4) is 0 Å². The number of rotatable bonds is 3. The molecule has 1 aliphatic rings. The predicted octanol–water partition coefficient (Wildman–Crippen LogP) is 2.42. The van der Waals surface area contributed by atoms with Gasteiger partial charge in [-0.25, -0.2) is 0 Å². The summed E-state index contributed by atoms with van der Waals surface area (Å²) in [6.07, 6.45) is 3.90. The largest absolute Gasteiger partial charge is 0.316 e. The van der Waals surface area contributed by atoms with E-state index in [9.17, 15) is 0 Å². The van der Waals surface area contributed by atoms with E-state index >= 15 is 0 Å². The fourth-order valence-electron chi connectivity index (χ4n) is 3.44. The molecule has 2 atom stereocenters. The summed E-state index contributed by atoms with van der Waals surface area (Å²) in [6.45, 7) is 2.10. The summed E-state index contributed by atoms with van der Waals surface area (Å²) >= 11 is 0. The Morgan fingerprint density at radius 2 is 2.05 bits per heavy atom. The standard InChI is InChI=1S/C17H19N5/c1-2-5-14-10-15(8-7-13(14)4-1)17(22-20-12-19-21-22)16-6-3-9-18-11-16/h1-2,4-5,7-8,10,12,16-18H,3,6,9,11H2/t16-,17-/m0/s1. The van der Waals surface area contributed by atoms with E-state index in [0.29, 0.717) is 5.92 Å². The Morgan fingerprint density at radius 3 is 2.82 bits per heavy atom. The molecule has 4 rings (SSSR count). The third kappa shape index (κ3) is 2.48. The van der Waals surface area contributed by atoms with Crippen LogP contribution >= 0.6 is 0 Å². The van der Waals surface area contributed by atoms with Gasteiger partial charge in [0.15, 0.2) is 6.33 Å². The van der Waals surface area contributed by atoms with E-state index < -0.39 is 0 Å². The minimum absolute atomic E-state index is 0.139. The number of piperidine rings is 1. The third-order valence-electron chi connectivity index (χ3n) is 4.51. The Labute approximate surface area is 129 Å². The zero-order valence-electron chi connectivity index (χ0n) is 12.4. The van der Waals surface area contributed by atoms with Crippen molar-refractivity contribution in [3.05, 3.63) is 54.4 Å². The summed E-state index contributed by atoms with van der Waals surface area (Å²) in [6, 6.07) is 15.2. The molecule has 2 heterocycles. The van der Waals surface area contributed by atoms with Crippen LogP contribution in [-0.4, -0.2) is 33.3 Å². The summed E-state index contributed by atoms with van der Waals surface area (Å²) in [5.41, 5.74) is 1.26. The van der Waals surface area contributed by atoms with Gasteiger partial charge in [-0.15, -0.1) is 10.2 Å². The monoisotopic (exact) mass is 293 g/mol. The van der Waals surface area contributed by atoms with Crippen LogP contribution in [0, 0.1) is 5.92 Å². The molecule has 1 fully saturated rings. The maximum atomic E-state index is 4.31. The Hall–Kier alpha value is -2.27. The molecule has 0 amide bonds. The van der Waals surface area contributed by atoms with Crippen molar-refractivity contribution in [2.45, 2.75) is 18.9 Å². The van der Waals surface area contributed by atoms with Crippen LogP contribution in [0.4, 0.5) is 0 Å². The van der Waals surface area contributed by atoms with Crippen molar-refractivity contribution in [2.75, 3.05) is 13.1 Å². The minimum Gasteiger partial charge on any atom is -0.316 e. The van der Waals surface area contributed by atoms with Gasteiger partial charge in [0.2, 0.25) is 0 Å². The van der Waals surface area contributed by atoms with Crippen LogP contribution in [-0.2, 0) is 0 Å². The van der Waals surface area contributed by atoms with Crippen LogP contribution in [0.2, 0.25) is 0 Å². The molecule has 0 unspecified atom stereocenters. The van der Waals surface area contributed by atoms with Gasteiger partial charge in [0.05, 0.1) is 0 Å². The highest BCUT2D eigenvalue weighted by Crippen LogP contribution is 2.31. The maximum Gasteiger partial charge on any atom is 0.162 e. The molecule has 5 heteroatoms. The predicted molar refractivity (Wildman–Crippen MR) is 85.5 cm³/mol. The molecule has 112 valence electrons. The fourth-order valence-corrected chi connectivity index (χ4v) is 3.44. The third-order valence-corrected chi connectivity index (χ3v) is 4.51. The number of hydrogen-bond acceptors (Lipinski definition) is 4. The van der Waals surface area contributed by atoms with E-state index in [1.165, 1.54) is 35.5 Å². The molecule has 0 aliphatic carbocycles. The molecule has 2 aromatic carbocycles. The van der Waals surface area contributed by atoms with Crippen LogP contribution in [0.25, 0.3) is 10.8 Å². The highest BCUT2D eigenvalue weighted by molar-refractivity contribution is 5.83. The first-order valence-electron chi connectivity index (χ1n) is 7.84. The lowest BCUT2D eigenvalue weighted by atomic mass is 9.87. The van der Waals surface area contributed by atoms with Crippen LogP contribution in [0.5, 0.6) is 0 Å². The highest BCUT2D eigenvalue weighted by atomic mass is 15.6. The maximum absolute atomic E-state index is 4.31. The summed E-state index contributed by atoms with van der Waals surface area (Å²) in [7, 11) is 0. The second-order valence-corrected chi connectivity index (χ2v) is 5.91. The Bertz CT molecular complexity index is 747. The second kappa shape index (κ2) is 5.85. The number of aromatic nitrogens is 4. The summed E-state index contributed by atoms with van der Waals surface area (Å²) < 4.78 is 0. The van der Waals surface area contributed by atoms with E-state index in [4.69, 9.17) is 0 Å². The number of nitrogens with one attached hydrogen (secondary N) is 1. The van der Waals surface area contributed by atoms with Gasteiger partial charge in [0.1, 0.15) is 6.04 Å². The van der Waals surface area contributed by atoms with E-state index in [1.807, 2.05) is 0 Å². The van der Waals surface area contributed by atoms with Crippen LogP contribution in [0.3, 0.4) is 0 Å². The molecule has 1 N–H and O–H groups in total. The molecular weight excluding hydrogens is 274 g/mol. The second-order valence-electron chi connectivity index (χ2n) is 5.91. The molecular formula is C17H19N5. The Balaban J connectivity index is 1.78. The van der Waals surface area contributed by atoms with E-state index in [2.05, 4.69) is 63.2 Å². The lowest BCUT2D eigenvalue weighted by Crippen LogP contribution is -2.36. The number of fused-ring (bicyclic) bond motifs is 1. The number of benzene rings is 2. The minimum atomic E-state index is 0.139. The zero-order chi connectivity index (χ0) is 14.8. The van der Waals surface area contributed by atoms with Crippen molar-refractivity contribution in [1.82, 2.24) is 25.5 Å². The quantitative estimate of drug-likeness (QED) is 0.806. The van der Waals surface area contributed by atoms with E-state index in [-0.39, 0.29) is 6.04 Å². The summed E-state index contributed by atoms with van der Waals surface area (Å²) in [5.74, 6) is 0.490. The topological polar surface area (TPSA) is 55.6 Å². The Kier molecular flexibility index (Phi) is 3.56. The van der Waals surface area contributed by atoms with Gasteiger partial charge in [0.25, 0.3) is 0 Å². The molecule has 5 nitrogen and oxygen atoms in total. The Morgan fingerprint density at radius 1 is 1.14 bits per heavy atom. The van der Waals surface area contributed by atoms with Gasteiger partial charge in [-0.05, 0) is 52.9 Å².